The van der Waals surface area contributed by atoms with Gasteiger partial charge in [0.1, 0.15) is 0 Å². The largest absolute Gasteiger partial charge is 1.00 e. The van der Waals surface area contributed by atoms with E-state index in [1.807, 2.05) is 0 Å². The van der Waals surface area contributed by atoms with E-state index in [4.69, 9.17) is 9.79 Å². The predicted molar refractivity (Wildman–Crippen MR) is 33.2 cm³/mol. The van der Waals surface area contributed by atoms with Crippen LogP contribution in [0.1, 0.15) is 5.69 Å². The fourth-order valence-corrected chi connectivity index (χ4v) is 1.09. The van der Waals surface area contributed by atoms with Gasteiger partial charge in [0.25, 0.3) is 0 Å². The van der Waals surface area contributed by atoms with E-state index in [-0.39, 0.29) is 41.4 Å². The molecule has 0 aromatic carbocycles. The van der Waals surface area contributed by atoms with Gasteiger partial charge in [0, 0.05) is 0 Å². The molecule has 0 aliphatic rings. The maximum Gasteiger partial charge on any atom is 1.00 e. The van der Waals surface area contributed by atoms with E-state index in [0.717, 1.165) is 0 Å². The second-order valence-corrected chi connectivity index (χ2v) is 3.44. The summed E-state index contributed by atoms with van der Waals surface area (Å²) >= 11 is 0. The van der Waals surface area contributed by atoms with Gasteiger partial charge in [-0.1, -0.05) is 0 Å². The summed E-state index contributed by atoms with van der Waals surface area (Å²) in [6.07, 6.45) is 1.04. The van der Waals surface area contributed by atoms with Crippen LogP contribution in [0.4, 0.5) is 0 Å². The van der Waals surface area contributed by atoms with Crippen molar-refractivity contribution in [1.82, 2.24) is 10.2 Å². The van der Waals surface area contributed by atoms with Gasteiger partial charge < -0.3 is 21.0 Å². The molecule has 0 atom stereocenters. The van der Waals surface area contributed by atoms with Crippen molar-refractivity contribution >= 4 is 7.60 Å². The second-order valence-electron chi connectivity index (χ2n) is 1.80. The molecular formula is C4H6N2NaO3P. The first-order chi connectivity index (χ1) is 4.58. The minimum Gasteiger partial charge on any atom is -0.429 e. The number of H-pyrrole nitrogens is 1. The van der Waals surface area contributed by atoms with Crippen LogP contribution in [0.5, 0.6) is 0 Å². The third-order valence-corrected chi connectivity index (χ3v) is 1.57. The Balaban J connectivity index is 0.000001000. The van der Waals surface area contributed by atoms with Crippen LogP contribution in [0, 0.1) is 6.07 Å². The number of hydrogen-bond donors (Lipinski definition) is 3. The monoisotopic (exact) mass is 184 g/mol. The van der Waals surface area contributed by atoms with Crippen molar-refractivity contribution in [2.75, 3.05) is 0 Å². The zero-order chi connectivity index (χ0) is 7.61. The molecule has 0 radical (unpaired) electrons. The Morgan fingerprint density at radius 3 is 2.73 bits per heavy atom. The molecule has 7 heteroatoms. The molecule has 0 spiro atoms. The molecule has 3 N–H and O–H groups in total. The molecule has 0 bridgehead atoms. The first-order valence-electron chi connectivity index (χ1n) is 2.53. The Kier molecular flexibility index (Phi) is 4.55. The zero-order valence-corrected chi connectivity index (χ0v) is 8.88. The van der Waals surface area contributed by atoms with E-state index in [2.05, 4.69) is 16.3 Å². The molecule has 5 nitrogen and oxygen atoms in total. The Morgan fingerprint density at radius 2 is 2.36 bits per heavy atom. The van der Waals surface area contributed by atoms with Crippen LogP contribution >= 0.6 is 7.60 Å². The van der Waals surface area contributed by atoms with Gasteiger partial charge in [-0.15, -0.1) is 5.69 Å². The molecule has 11 heavy (non-hydrogen) atoms. The van der Waals surface area contributed by atoms with Crippen molar-refractivity contribution < 1.29 is 43.9 Å². The first kappa shape index (κ1) is 11.4. The normalized spacial score (nSPS) is 10.7. The summed E-state index contributed by atoms with van der Waals surface area (Å²) in [6, 6.07) is 2.53. The summed E-state index contributed by atoms with van der Waals surface area (Å²) in [6.45, 7) is 0. The Bertz CT molecular complexity index is 244. The quantitative estimate of drug-likeness (QED) is 0.258. The fourth-order valence-electron chi connectivity index (χ4n) is 0.534. The number of nitrogens with one attached hydrogen (secondary N) is 1. The number of hydrogen-bond acceptors (Lipinski definition) is 2. The van der Waals surface area contributed by atoms with E-state index in [1.165, 1.54) is 6.20 Å². The van der Waals surface area contributed by atoms with E-state index < -0.39 is 7.60 Å². The Morgan fingerprint density at radius 1 is 1.73 bits per heavy atom. The molecule has 0 saturated carbocycles. The van der Waals surface area contributed by atoms with Gasteiger partial charge in [0.05, 0.1) is 6.16 Å². The fraction of sp³-hybridized carbons (Fsp3) is 0.250. The first-order valence-corrected chi connectivity index (χ1v) is 4.32. The Labute approximate surface area is 85.7 Å². The summed E-state index contributed by atoms with van der Waals surface area (Å²) in [7, 11) is -3.97. The average molecular weight is 184 g/mol. The summed E-state index contributed by atoms with van der Waals surface area (Å²) in [5, 5.41) is 5.93. The maximum absolute atomic E-state index is 10.3. The van der Waals surface area contributed by atoms with E-state index in [9.17, 15) is 4.57 Å². The molecule has 0 amide bonds. The molecule has 0 saturated heterocycles. The molecule has 1 aromatic heterocycles. The van der Waals surface area contributed by atoms with Crippen LogP contribution in [-0.4, -0.2) is 20.0 Å². The second kappa shape index (κ2) is 4.40. The SMILES string of the molecule is O=P(O)(O)Cc1[c-]c[nH]n1.[Na+]. The number of aromatic nitrogens is 2. The van der Waals surface area contributed by atoms with Gasteiger partial charge in [0.15, 0.2) is 0 Å². The topological polar surface area (TPSA) is 86.2 Å². The molecule has 1 rings (SSSR count). The van der Waals surface area contributed by atoms with Crippen LogP contribution in [0.25, 0.3) is 0 Å². The Hall–Kier alpha value is 0.360. The van der Waals surface area contributed by atoms with Crippen LogP contribution in [0.3, 0.4) is 0 Å². The van der Waals surface area contributed by atoms with E-state index in [1.54, 1.807) is 0 Å². The molecule has 0 fully saturated rings. The zero-order valence-electron chi connectivity index (χ0n) is 5.98. The van der Waals surface area contributed by atoms with E-state index >= 15 is 0 Å². The molecule has 0 unspecified atom stereocenters. The van der Waals surface area contributed by atoms with Crippen LogP contribution < -0.4 is 29.6 Å². The van der Waals surface area contributed by atoms with Gasteiger partial charge in [-0.2, -0.15) is 6.20 Å². The van der Waals surface area contributed by atoms with E-state index in [0.29, 0.717) is 0 Å². The van der Waals surface area contributed by atoms with Gasteiger partial charge in [-0.25, -0.2) is 5.10 Å². The molecule has 1 aromatic rings. The third kappa shape index (κ3) is 4.74. The van der Waals surface area contributed by atoms with Crippen LogP contribution in [-0.2, 0) is 10.7 Å². The standard InChI is InChI=1S/C4H6N2O3P.Na/c7-10(8,9)3-4-1-2-5-6-4;/h2H,3H2,(H,5,6)(H2,7,8,9);/q-1;+1. The number of rotatable bonds is 2. The van der Waals surface area contributed by atoms with Gasteiger partial charge in [0.2, 0.25) is 0 Å². The van der Waals surface area contributed by atoms with Crippen molar-refractivity contribution in [3.05, 3.63) is 18.0 Å². The van der Waals surface area contributed by atoms with Gasteiger partial charge >= 0.3 is 37.2 Å². The molecule has 56 valence electrons. The van der Waals surface area contributed by atoms with Gasteiger partial charge in [-0.3, -0.25) is 4.57 Å². The number of aromatic amines is 1. The summed E-state index contributed by atoms with van der Waals surface area (Å²) < 4.78 is 10.3. The minimum absolute atomic E-state index is 0. The number of nitrogens with zero attached hydrogens (tertiary/aromatic N) is 1. The third-order valence-electron chi connectivity index (χ3n) is 0.859. The van der Waals surface area contributed by atoms with Crippen LogP contribution in [0.2, 0.25) is 0 Å². The summed E-state index contributed by atoms with van der Waals surface area (Å²) in [5.41, 5.74) is 0.258. The van der Waals surface area contributed by atoms with Crippen LogP contribution in [0.15, 0.2) is 6.20 Å². The molecule has 0 aliphatic heterocycles. The molecule has 1 heterocycles. The smallest absolute Gasteiger partial charge is 0.429 e. The molecule has 0 aliphatic carbocycles. The van der Waals surface area contributed by atoms with Crippen molar-refractivity contribution in [3.63, 3.8) is 0 Å². The van der Waals surface area contributed by atoms with Crippen molar-refractivity contribution in [2.45, 2.75) is 6.16 Å². The predicted octanol–water partition coefficient (Wildman–Crippen LogP) is -3.11. The maximum atomic E-state index is 10.3. The van der Waals surface area contributed by atoms with Crippen molar-refractivity contribution in [1.29, 1.82) is 0 Å². The van der Waals surface area contributed by atoms with Crippen molar-refractivity contribution in [3.8, 4) is 0 Å². The van der Waals surface area contributed by atoms with Crippen molar-refractivity contribution in [2.24, 2.45) is 0 Å². The summed E-state index contributed by atoms with van der Waals surface area (Å²) in [5.74, 6) is 0. The van der Waals surface area contributed by atoms with Gasteiger partial charge in [-0.05, 0) is 0 Å². The minimum atomic E-state index is -3.97. The average Bonchev–Trinajstić information content (AvgIpc) is 2.12. The molecular weight excluding hydrogens is 178 g/mol. The summed E-state index contributed by atoms with van der Waals surface area (Å²) in [4.78, 5) is 16.9.